The highest BCUT2D eigenvalue weighted by Gasteiger charge is 2.27. The third-order valence-corrected chi connectivity index (χ3v) is 5.05. The molecular formula is C16H26N2. The van der Waals surface area contributed by atoms with Crippen LogP contribution < -0.4 is 5.73 Å². The van der Waals surface area contributed by atoms with Crippen LogP contribution in [-0.2, 0) is 6.42 Å². The number of hydrogen-bond donors (Lipinski definition) is 1. The molecule has 2 N–H and O–H groups in total. The number of nitrogens with two attached hydrogens (primary N) is 1. The number of hydrogen-bond acceptors (Lipinski definition) is 1. The molecule has 0 saturated heterocycles. The van der Waals surface area contributed by atoms with Gasteiger partial charge >= 0.3 is 0 Å². The van der Waals surface area contributed by atoms with Gasteiger partial charge in [-0.05, 0) is 69.4 Å². The van der Waals surface area contributed by atoms with Gasteiger partial charge in [0.1, 0.15) is 0 Å². The van der Waals surface area contributed by atoms with Crippen molar-refractivity contribution in [3.63, 3.8) is 0 Å². The fourth-order valence-corrected chi connectivity index (χ4v) is 3.97. The van der Waals surface area contributed by atoms with E-state index in [0.29, 0.717) is 0 Å². The highest BCUT2D eigenvalue weighted by Crippen LogP contribution is 2.38. The standard InChI is InChI=1S/C16H26N2/c1-11-6-8-13(9-7-11)18-12(2)10-14-15(17)4-3-5-16(14)18/h10-11,13,15H,3-9,17H2,1-2H3. The molecule has 1 unspecified atom stereocenters. The zero-order valence-corrected chi connectivity index (χ0v) is 11.8. The maximum absolute atomic E-state index is 6.27. The van der Waals surface area contributed by atoms with Crippen LogP contribution in [0.3, 0.4) is 0 Å². The normalized spacial score (nSPS) is 32.3. The van der Waals surface area contributed by atoms with Gasteiger partial charge in [0, 0.05) is 23.5 Å². The van der Waals surface area contributed by atoms with E-state index in [0.717, 1.165) is 18.4 Å². The lowest BCUT2D eigenvalue weighted by Gasteiger charge is -2.31. The summed E-state index contributed by atoms with van der Waals surface area (Å²) in [6, 6.07) is 3.39. The first-order chi connectivity index (χ1) is 8.66. The van der Waals surface area contributed by atoms with Crippen molar-refractivity contribution in [3.05, 3.63) is 23.0 Å². The summed E-state index contributed by atoms with van der Waals surface area (Å²) in [7, 11) is 0. The summed E-state index contributed by atoms with van der Waals surface area (Å²) in [5.41, 5.74) is 10.7. The molecule has 2 nitrogen and oxygen atoms in total. The zero-order chi connectivity index (χ0) is 12.7. The van der Waals surface area contributed by atoms with Crippen molar-refractivity contribution >= 4 is 0 Å². The van der Waals surface area contributed by atoms with Crippen molar-refractivity contribution in [2.24, 2.45) is 11.7 Å². The van der Waals surface area contributed by atoms with Crippen LogP contribution in [0.4, 0.5) is 0 Å². The maximum Gasteiger partial charge on any atom is 0.0336 e. The van der Waals surface area contributed by atoms with Gasteiger partial charge in [-0.2, -0.15) is 0 Å². The van der Waals surface area contributed by atoms with E-state index in [9.17, 15) is 0 Å². The highest BCUT2D eigenvalue weighted by atomic mass is 15.0. The molecule has 18 heavy (non-hydrogen) atoms. The molecule has 3 rings (SSSR count). The Morgan fingerprint density at radius 2 is 1.89 bits per heavy atom. The van der Waals surface area contributed by atoms with Crippen molar-refractivity contribution in [1.29, 1.82) is 0 Å². The predicted molar refractivity (Wildman–Crippen MR) is 75.7 cm³/mol. The van der Waals surface area contributed by atoms with E-state index in [1.54, 1.807) is 5.69 Å². The molecule has 0 amide bonds. The quantitative estimate of drug-likeness (QED) is 0.801. The Bertz CT molecular complexity index is 425. The number of nitrogens with zero attached hydrogens (tertiary/aromatic N) is 1. The second-order valence-electron chi connectivity index (χ2n) is 6.47. The number of aromatic nitrogens is 1. The van der Waals surface area contributed by atoms with E-state index in [2.05, 4.69) is 24.5 Å². The van der Waals surface area contributed by atoms with Crippen molar-refractivity contribution in [2.75, 3.05) is 0 Å². The lowest BCUT2D eigenvalue weighted by Crippen LogP contribution is -2.23. The lowest BCUT2D eigenvalue weighted by molar-refractivity contribution is 0.281. The summed E-state index contributed by atoms with van der Waals surface area (Å²) in [6.07, 6.45) is 9.17. The van der Waals surface area contributed by atoms with E-state index >= 15 is 0 Å². The predicted octanol–water partition coefficient (Wildman–Crippen LogP) is 3.88. The number of aryl methyl sites for hydroxylation is 1. The molecule has 100 valence electrons. The molecule has 0 radical (unpaired) electrons. The highest BCUT2D eigenvalue weighted by molar-refractivity contribution is 5.33. The summed E-state index contributed by atoms with van der Waals surface area (Å²) in [5, 5.41) is 0. The average molecular weight is 246 g/mol. The van der Waals surface area contributed by atoms with Crippen LogP contribution in [0.5, 0.6) is 0 Å². The van der Waals surface area contributed by atoms with E-state index in [4.69, 9.17) is 5.73 Å². The van der Waals surface area contributed by atoms with Gasteiger partial charge in [-0.1, -0.05) is 6.92 Å². The molecule has 2 aliphatic carbocycles. The third kappa shape index (κ3) is 2.01. The molecule has 1 aromatic rings. The first kappa shape index (κ1) is 12.3. The summed E-state index contributed by atoms with van der Waals surface area (Å²) in [4.78, 5) is 0. The molecule has 0 aromatic carbocycles. The van der Waals surface area contributed by atoms with Gasteiger partial charge in [-0.15, -0.1) is 0 Å². The average Bonchev–Trinajstić information content (AvgIpc) is 2.69. The molecule has 1 heterocycles. The van der Waals surface area contributed by atoms with Crippen molar-refractivity contribution < 1.29 is 0 Å². The number of rotatable bonds is 1. The molecule has 0 bridgehead atoms. The molecule has 1 saturated carbocycles. The van der Waals surface area contributed by atoms with Crippen molar-refractivity contribution in [2.45, 2.75) is 70.9 Å². The van der Waals surface area contributed by atoms with Gasteiger partial charge in [-0.3, -0.25) is 0 Å². The summed E-state index contributed by atoms with van der Waals surface area (Å²) < 4.78 is 2.64. The van der Waals surface area contributed by atoms with Crippen molar-refractivity contribution in [3.8, 4) is 0 Å². The SMILES string of the molecule is Cc1cc2c(n1C1CCC(C)CC1)CCCC2N. The number of fused-ring (bicyclic) bond motifs is 1. The summed E-state index contributed by atoms with van der Waals surface area (Å²) >= 11 is 0. The van der Waals surface area contributed by atoms with Crippen LogP contribution in [0.25, 0.3) is 0 Å². The molecular weight excluding hydrogens is 220 g/mol. The second kappa shape index (κ2) is 4.73. The lowest BCUT2D eigenvalue weighted by atomic mass is 9.86. The van der Waals surface area contributed by atoms with Gasteiger partial charge in [0.2, 0.25) is 0 Å². The van der Waals surface area contributed by atoms with Crippen LogP contribution in [0, 0.1) is 12.8 Å². The topological polar surface area (TPSA) is 30.9 Å². The Balaban J connectivity index is 1.92. The van der Waals surface area contributed by atoms with Crippen LogP contribution >= 0.6 is 0 Å². The molecule has 2 aliphatic rings. The fraction of sp³-hybridized carbons (Fsp3) is 0.750. The zero-order valence-electron chi connectivity index (χ0n) is 11.8. The van der Waals surface area contributed by atoms with Gasteiger partial charge in [0.15, 0.2) is 0 Å². The van der Waals surface area contributed by atoms with E-state index < -0.39 is 0 Å². The Morgan fingerprint density at radius 3 is 2.61 bits per heavy atom. The van der Waals surface area contributed by atoms with Gasteiger partial charge in [0.05, 0.1) is 0 Å². The minimum Gasteiger partial charge on any atom is -0.346 e. The van der Waals surface area contributed by atoms with Gasteiger partial charge in [0.25, 0.3) is 0 Å². The Hall–Kier alpha value is -0.760. The molecule has 1 atom stereocenters. The monoisotopic (exact) mass is 246 g/mol. The Morgan fingerprint density at radius 1 is 1.17 bits per heavy atom. The summed E-state index contributed by atoms with van der Waals surface area (Å²) in [6.45, 7) is 4.66. The first-order valence-corrected chi connectivity index (χ1v) is 7.63. The Kier molecular flexibility index (Phi) is 3.23. The van der Waals surface area contributed by atoms with Crippen LogP contribution in [-0.4, -0.2) is 4.57 Å². The largest absolute Gasteiger partial charge is 0.346 e. The first-order valence-electron chi connectivity index (χ1n) is 7.63. The Labute approximate surface area is 111 Å². The molecule has 0 spiro atoms. The van der Waals surface area contributed by atoms with E-state index in [1.807, 2.05) is 0 Å². The molecule has 1 aromatic heterocycles. The summed E-state index contributed by atoms with van der Waals surface area (Å²) in [5.74, 6) is 0.926. The molecule has 0 aliphatic heterocycles. The van der Waals surface area contributed by atoms with E-state index in [1.165, 1.54) is 49.8 Å². The second-order valence-corrected chi connectivity index (χ2v) is 6.47. The van der Waals surface area contributed by atoms with E-state index in [-0.39, 0.29) is 6.04 Å². The van der Waals surface area contributed by atoms with Crippen LogP contribution in [0.15, 0.2) is 6.07 Å². The van der Waals surface area contributed by atoms with Crippen LogP contribution in [0.2, 0.25) is 0 Å². The maximum atomic E-state index is 6.27. The smallest absolute Gasteiger partial charge is 0.0336 e. The van der Waals surface area contributed by atoms with Crippen LogP contribution in [0.1, 0.15) is 74.5 Å². The van der Waals surface area contributed by atoms with Crippen molar-refractivity contribution in [1.82, 2.24) is 4.57 Å². The molecule has 2 heteroatoms. The minimum atomic E-state index is 0.288. The van der Waals surface area contributed by atoms with Gasteiger partial charge in [-0.25, -0.2) is 0 Å². The fourth-order valence-electron chi connectivity index (χ4n) is 3.97. The van der Waals surface area contributed by atoms with Gasteiger partial charge < -0.3 is 10.3 Å². The third-order valence-electron chi connectivity index (χ3n) is 5.05. The molecule has 1 fully saturated rings. The minimum absolute atomic E-state index is 0.288.